The van der Waals surface area contributed by atoms with Crippen molar-refractivity contribution in [1.29, 1.82) is 0 Å². The first kappa shape index (κ1) is 9.40. The first-order valence-corrected chi connectivity index (χ1v) is 4.41. The zero-order valence-corrected chi connectivity index (χ0v) is 7.25. The van der Waals surface area contributed by atoms with Crippen molar-refractivity contribution in [3.8, 4) is 0 Å². The van der Waals surface area contributed by atoms with E-state index in [-0.39, 0.29) is 5.44 Å². The molecule has 1 nitrogen and oxygen atoms in total. The van der Waals surface area contributed by atoms with E-state index in [4.69, 9.17) is 4.74 Å². The zero-order chi connectivity index (χ0) is 7.11. The van der Waals surface area contributed by atoms with Crippen LogP contribution in [0.2, 0.25) is 0 Å². The van der Waals surface area contributed by atoms with Gasteiger partial charge in [-0.3, -0.25) is 0 Å². The number of ether oxygens (including phenoxy) is 1. The maximum Gasteiger partial charge on any atom is 0.120 e. The van der Waals surface area contributed by atoms with E-state index in [0.717, 1.165) is 11.5 Å². The van der Waals surface area contributed by atoms with Crippen molar-refractivity contribution in [3.05, 3.63) is 12.7 Å². The van der Waals surface area contributed by atoms with Crippen LogP contribution in [0.15, 0.2) is 12.7 Å². The molecule has 0 heterocycles. The number of rotatable bonds is 5. The summed E-state index contributed by atoms with van der Waals surface area (Å²) in [6.45, 7) is 3.61. The smallest absolute Gasteiger partial charge is 0.120 e. The van der Waals surface area contributed by atoms with Crippen molar-refractivity contribution >= 4 is 24.4 Å². The van der Waals surface area contributed by atoms with Crippen LogP contribution in [-0.4, -0.2) is 24.1 Å². The second kappa shape index (κ2) is 6.52. The first-order valence-electron chi connectivity index (χ1n) is 2.73. The average molecular weight is 164 g/mol. The van der Waals surface area contributed by atoms with Crippen LogP contribution in [0.5, 0.6) is 0 Å². The molecule has 0 aromatic heterocycles. The van der Waals surface area contributed by atoms with Crippen LogP contribution < -0.4 is 0 Å². The Hall–Kier alpha value is 0.400. The van der Waals surface area contributed by atoms with Gasteiger partial charge in [-0.1, -0.05) is 12.7 Å². The third-order valence-corrected chi connectivity index (χ3v) is 2.48. The molecule has 0 aromatic rings. The van der Waals surface area contributed by atoms with Gasteiger partial charge in [0.15, 0.2) is 0 Å². The lowest BCUT2D eigenvalue weighted by Crippen LogP contribution is -2.01. The summed E-state index contributed by atoms with van der Waals surface area (Å²) < 4.78 is 5.01. The van der Waals surface area contributed by atoms with E-state index in [1.54, 1.807) is 24.9 Å². The van der Waals surface area contributed by atoms with Gasteiger partial charge in [-0.2, -0.15) is 12.6 Å². The second-order valence-corrected chi connectivity index (χ2v) is 3.09. The lowest BCUT2D eigenvalue weighted by Gasteiger charge is -2.07. The Morgan fingerprint density at radius 2 is 2.56 bits per heavy atom. The van der Waals surface area contributed by atoms with E-state index >= 15 is 0 Å². The third kappa shape index (κ3) is 4.88. The molecule has 0 aliphatic heterocycles. The number of thiol groups is 1. The van der Waals surface area contributed by atoms with Gasteiger partial charge < -0.3 is 4.74 Å². The molecule has 0 N–H and O–H groups in total. The molecule has 54 valence electrons. The maximum atomic E-state index is 5.01. The zero-order valence-electron chi connectivity index (χ0n) is 5.54. The normalized spacial score (nSPS) is 13.1. The second-order valence-electron chi connectivity index (χ2n) is 1.43. The summed E-state index contributed by atoms with van der Waals surface area (Å²) in [5.41, 5.74) is 0.136. The molecule has 1 unspecified atom stereocenters. The summed E-state index contributed by atoms with van der Waals surface area (Å²) in [4.78, 5) is 0. The van der Waals surface area contributed by atoms with Crippen LogP contribution >= 0.6 is 24.4 Å². The molecule has 0 aliphatic rings. The van der Waals surface area contributed by atoms with Crippen LogP contribution in [0, 0.1) is 0 Å². The van der Waals surface area contributed by atoms with Gasteiger partial charge in [0.1, 0.15) is 5.44 Å². The molecule has 3 heteroatoms. The average Bonchev–Trinajstić information content (AvgIpc) is 1.91. The Morgan fingerprint density at radius 3 is 2.89 bits per heavy atom. The molecular weight excluding hydrogens is 152 g/mol. The molecule has 0 radical (unpaired) electrons. The lowest BCUT2D eigenvalue weighted by molar-refractivity contribution is 0.208. The topological polar surface area (TPSA) is 9.23 Å². The molecule has 9 heavy (non-hydrogen) atoms. The molecule has 1 atom stereocenters. The number of methoxy groups -OCH3 is 1. The Labute approximate surface area is 66.3 Å². The highest BCUT2D eigenvalue weighted by Crippen LogP contribution is 2.11. The standard InChI is InChI=1S/C6H12OS2/c1-3-6(7-2)9-5-4-8/h3,6,8H,1,4-5H2,2H3. The monoisotopic (exact) mass is 164 g/mol. The summed E-state index contributed by atoms with van der Waals surface area (Å²) in [7, 11) is 1.68. The molecule has 0 rings (SSSR count). The summed E-state index contributed by atoms with van der Waals surface area (Å²) in [6.07, 6.45) is 1.79. The fourth-order valence-electron chi connectivity index (χ4n) is 0.401. The molecular formula is C6H12OS2. The Morgan fingerprint density at radius 1 is 1.89 bits per heavy atom. The van der Waals surface area contributed by atoms with Gasteiger partial charge in [-0.05, 0) is 5.75 Å². The van der Waals surface area contributed by atoms with Gasteiger partial charge >= 0.3 is 0 Å². The van der Waals surface area contributed by atoms with Crippen LogP contribution in [0.3, 0.4) is 0 Å². The Kier molecular flexibility index (Phi) is 6.81. The molecule has 0 amide bonds. The SMILES string of the molecule is C=CC(OC)SCCS. The van der Waals surface area contributed by atoms with Crippen LogP contribution in [-0.2, 0) is 4.74 Å². The van der Waals surface area contributed by atoms with E-state index in [9.17, 15) is 0 Å². The highest BCUT2D eigenvalue weighted by Gasteiger charge is 1.98. The van der Waals surface area contributed by atoms with Gasteiger partial charge in [-0.25, -0.2) is 0 Å². The van der Waals surface area contributed by atoms with Crippen molar-refractivity contribution in [3.63, 3.8) is 0 Å². The fraction of sp³-hybridized carbons (Fsp3) is 0.667. The van der Waals surface area contributed by atoms with Crippen molar-refractivity contribution in [2.45, 2.75) is 5.44 Å². The largest absolute Gasteiger partial charge is 0.367 e. The summed E-state index contributed by atoms with van der Waals surface area (Å²) in [6, 6.07) is 0. The van der Waals surface area contributed by atoms with Gasteiger partial charge in [0.05, 0.1) is 0 Å². The minimum absolute atomic E-state index is 0.136. The van der Waals surface area contributed by atoms with Crippen molar-refractivity contribution < 1.29 is 4.74 Å². The highest BCUT2D eigenvalue weighted by atomic mass is 32.2. The van der Waals surface area contributed by atoms with Crippen molar-refractivity contribution in [1.82, 2.24) is 0 Å². The van der Waals surface area contributed by atoms with Gasteiger partial charge in [0.25, 0.3) is 0 Å². The maximum absolute atomic E-state index is 5.01. The number of hydrogen-bond donors (Lipinski definition) is 1. The minimum Gasteiger partial charge on any atom is -0.367 e. The molecule has 0 bridgehead atoms. The van der Waals surface area contributed by atoms with Crippen LogP contribution in [0.1, 0.15) is 0 Å². The lowest BCUT2D eigenvalue weighted by atomic mass is 10.7. The van der Waals surface area contributed by atoms with Gasteiger partial charge in [-0.15, -0.1) is 11.8 Å². The van der Waals surface area contributed by atoms with Crippen LogP contribution in [0.4, 0.5) is 0 Å². The molecule has 0 spiro atoms. The van der Waals surface area contributed by atoms with Crippen LogP contribution in [0.25, 0.3) is 0 Å². The quantitative estimate of drug-likeness (QED) is 0.377. The summed E-state index contributed by atoms with van der Waals surface area (Å²) >= 11 is 5.77. The summed E-state index contributed by atoms with van der Waals surface area (Å²) in [5.74, 6) is 1.89. The number of hydrogen-bond acceptors (Lipinski definition) is 3. The van der Waals surface area contributed by atoms with E-state index in [1.807, 2.05) is 0 Å². The highest BCUT2D eigenvalue weighted by molar-refractivity contribution is 8.00. The van der Waals surface area contributed by atoms with E-state index in [1.165, 1.54) is 0 Å². The van der Waals surface area contributed by atoms with Crippen molar-refractivity contribution in [2.24, 2.45) is 0 Å². The first-order chi connectivity index (χ1) is 4.35. The molecule has 0 saturated heterocycles. The van der Waals surface area contributed by atoms with E-state index < -0.39 is 0 Å². The molecule has 0 aliphatic carbocycles. The molecule has 0 fully saturated rings. The minimum atomic E-state index is 0.136. The summed E-state index contributed by atoms with van der Waals surface area (Å²) in [5, 5.41) is 0. The fourth-order valence-corrected chi connectivity index (χ4v) is 1.33. The molecule has 0 aromatic carbocycles. The van der Waals surface area contributed by atoms with E-state index in [0.29, 0.717) is 0 Å². The predicted molar refractivity (Wildman–Crippen MR) is 47.3 cm³/mol. The number of thioether (sulfide) groups is 1. The van der Waals surface area contributed by atoms with Gasteiger partial charge in [0, 0.05) is 12.9 Å². The van der Waals surface area contributed by atoms with Gasteiger partial charge in [0.2, 0.25) is 0 Å². The Balaban J connectivity index is 3.20. The van der Waals surface area contributed by atoms with Crippen molar-refractivity contribution in [2.75, 3.05) is 18.6 Å². The molecule has 0 saturated carbocycles. The third-order valence-electron chi connectivity index (χ3n) is 0.798. The van der Waals surface area contributed by atoms with E-state index in [2.05, 4.69) is 19.2 Å². The predicted octanol–water partition coefficient (Wildman–Crippen LogP) is 1.81. The Bertz CT molecular complexity index is 75.5.